The van der Waals surface area contributed by atoms with Crippen LogP contribution in [-0.2, 0) is 6.42 Å². The van der Waals surface area contributed by atoms with Crippen molar-refractivity contribution in [3.8, 4) is 0 Å². The minimum atomic E-state index is 0.0867. The highest BCUT2D eigenvalue weighted by Gasteiger charge is 2.26. The molecule has 1 fully saturated rings. The Morgan fingerprint density at radius 3 is 2.74 bits per heavy atom. The van der Waals surface area contributed by atoms with Crippen LogP contribution in [0.1, 0.15) is 34.3 Å². The SMILES string of the molecule is CCc1ccc(C(=O)N2CCC(C(N)=NO)CC2)s1. The summed E-state index contributed by atoms with van der Waals surface area (Å²) < 4.78 is 0. The van der Waals surface area contributed by atoms with Crippen LogP contribution in [0.3, 0.4) is 0 Å². The fraction of sp³-hybridized carbons (Fsp3) is 0.538. The van der Waals surface area contributed by atoms with Crippen LogP contribution < -0.4 is 5.73 Å². The molecule has 0 aromatic carbocycles. The molecule has 0 saturated carbocycles. The van der Waals surface area contributed by atoms with Gasteiger partial charge in [0.15, 0.2) is 0 Å². The lowest BCUT2D eigenvalue weighted by atomic mass is 9.96. The molecular weight excluding hydrogens is 262 g/mol. The Kier molecular flexibility index (Phi) is 4.42. The molecule has 1 amide bonds. The zero-order valence-electron chi connectivity index (χ0n) is 11.0. The van der Waals surface area contributed by atoms with E-state index in [4.69, 9.17) is 10.9 Å². The first kappa shape index (κ1) is 13.9. The van der Waals surface area contributed by atoms with E-state index in [1.165, 1.54) is 4.88 Å². The monoisotopic (exact) mass is 281 g/mol. The lowest BCUT2D eigenvalue weighted by Gasteiger charge is -2.31. The summed E-state index contributed by atoms with van der Waals surface area (Å²) >= 11 is 1.57. The number of nitrogens with two attached hydrogens (primary N) is 1. The zero-order valence-corrected chi connectivity index (χ0v) is 11.8. The highest BCUT2D eigenvalue weighted by atomic mass is 32.1. The van der Waals surface area contributed by atoms with E-state index in [9.17, 15) is 4.79 Å². The molecule has 1 aliphatic rings. The number of aryl methyl sites for hydroxylation is 1. The highest BCUT2D eigenvalue weighted by Crippen LogP contribution is 2.23. The molecule has 5 nitrogen and oxygen atoms in total. The average molecular weight is 281 g/mol. The van der Waals surface area contributed by atoms with Crippen molar-refractivity contribution in [1.82, 2.24) is 4.90 Å². The third kappa shape index (κ3) is 3.07. The summed E-state index contributed by atoms with van der Waals surface area (Å²) in [5, 5.41) is 11.7. The summed E-state index contributed by atoms with van der Waals surface area (Å²) in [6, 6.07) is 3.92. The Hall–Kier alpha value is -1.56. The van der Waals surface area contributed by atoms with E-state index in [2.05, 4.69) is 12.1 Å². The van der Waals surface area contributed by atoms with Crippen molar-refractivity contribution in [3.63, 3.8) is 0 Å². The second kappa shape index (κ2) is 6.06. The molecule has 1 aromatic rings. The molecule has 19 heavy (non-hydrogen) atoms. The van der Waals surface area contributed by atoms with E-state index in [0.717, 1.165) is 24.1 Å². The van der Waals surface area contributed by atoms with Crippen molar-refractivity contribution in [2.75, 3.05) is 13.1 Å². The Bertz CT molecular complexity index is 476. The lowest BCUT2D eigenvalue weighted by molar-refractivity contribution is 0.0714. The predicted molar refractivity (Wildman–Crippen MR) is 75.7 cm³/mol. The second-order valence-corrected chi connectivity index (χ2v) is 5.88. The minimum absolute atomic E-state index is 0.0867. The second-order valence-electron chi connectivity index (χ2n) is 4.71. The third-order valence-electron chi connectivity index (χ3n) is 3.54. The number of carbonyl (C=O) groups is 1. The fourth-order valence-electron chi connectivity index (χ4n) is 2.30. The number of likely N-dealkylation sites (tertiary alicyclic amines) is 1. The van der Waals surface area contributed by atoms with Gasteiger partial charge in [-0.2, -0.15) is 0 Å². The van der Waals surface area contributed by atoms with Crippen LogP contribution in [0.2, 0.25) is 0 Å². The molecule has 104 valence electrons. The van der Waals surface area contributed by atoms with Gasteiger partial charge in [-0.3, -0.25) is 4.79 Å². The van der Waals surface area contributed by atoms with Crippen LogP contribution in [-0.4, -0.2) is 34.9 Å². The third-order valence-corrected chi connectivity index (χ3v) is 4.75. The van der Waals surface area contributed by atoms with E-state index >= 15 is 0 Å². The molecule has 1 saturated heterocycles. The van der Waals surface area contributed by atoms with Gasteiger partial charge in [-0.1, -0.05) is 12.1 Å². The van der Waals surface area contributed by atoms with E-state index in [1.807, 2.05) is 17.0 Å². The fourth-order valence-corrected chi connectivity index (χ4v) is 3.21. The van der Waals surface area contributed by atoms with Gasteiger partial charge >= 0.3 is 0 Å². The number of amides is 1. The van der Waals surface area contributed by atoms with Crippen molar-refractivity contribution in [2.24, 2.45) is 16.8 Å². The van der Waals surface area contributed by atoms with Crippen LogP contribution in [0.5, 0.6) is 0 Å². The van der Waals surface area contributed by atoms with Gasteiger partial charge in [0.25, 0.3) is 5.91 Å². The molecule has 0 unspecified atom stereocenters. The van der Waals surface area contributed by atoms with Crippen molar-refractivity contribution < 1.29 is 10.0 Å². The van der Waals surface area contributed by atoms with Crippen LogP contribution in [0.25, 0.3) is 0 Å². The first-order chi connectivity index (χ1) is 9.15. The Labute approximate surface area is 116 Å². The first-order valence-electron chi connectivity index (χ1n) is 6.51. The molecule has 0 aliphatic carbocycles. The van der Waals surface area contributed by atoms with Crippen LogP contribution >= 0.6 is 11.3 Å². The quantitative estimate of drug-likeness (QED) is 0.384. The number of piperidine rings is 1. The summed E-state index contributed by atoms with van der Waals surface area (Å²) in [7, 11) is 0. The van der Waals surface area contributed by atoms with Gasteiger partial charge < -0.3 is 15.8 Å². The van der Waals surface area contributed by atoms with Crippen molar-refractivity contribution in [2.45, 2.75) is 26.2 Å². The molecular formula is C13H19N3O2S. The Morgan fingerprint density at radius 2 is 2.21 bits per heavy atom. The normalized spacial score (nSPS) is 17.7. The molecule has 3 N–H and O–H groups in total. The maximum Gasteiger partial charge on any atom is 0.263 e. The largest absolute Gasteiger partial charge is 0.409 e. The smallest absolute Gasteiger partial charge is 0.263 e. The van der Waals surface area contributed by atoms with Crippen molar-refractivity contribution in [1.29, 1.82) is 0 Å². The van der Waals surface area contributed by atoms with Gasteiger partial charge in [-0.15, -0.1) is 11.3 Å². The molecule has 0 spiro atoms. The summed E-state index contributed by atoms with van der Waals surface area (Å²) in [6.07, 6.45) is 2.48. The molecule has 0 atom stereocenters. The molecule has 1 aromatic heterocycles. The van der Waals surface area contributed by atoms with Crippen LogP contribution in [0.15, 0.2) is 17.3 Å². The molecule has 6 heteroatoms. The molecule has 2 heterocycles. The Balaban J connectivity index is 1.96. The van der Waals surface area contributed by atoms with Crippen LogP contribution in [0, 0.1) is 5.92 Å². The maximum absolute atomic E-state index is 12.3. The molecule has 1 aliphatic heterocycles. The Morgan fingerprint density at radius 1 is 1.53 bits per heavy atom. The number of amidine groups is 1. The van der Waals surface area contributed by atoms with Crippen LogP contribution in [0.4, 0.5) is 0 Å². The number of oxime groups is 1. The summed E-state index contributed by atoms with van der Waals surface area (Å²) in [6.45, 7) is 3.42. The molecule has 0 bridgehead atoms. The van der Waals surface area contributed by atoms with E-state index in [0.29, 0.717) is 13.1 Å². The highest BCUT2D eigenvalue weighted by molar-refractivity contribution is 7.14. The number of thiophene rings is 1. The standard InChI is InChI=1S/C13H19N3O2S/c1-2-10-3-4-11(19-10)13(17)16-7-5-9(6-8-16)12(14)15-18/h3-4,9,18H,2,5-8H2,1H3,(H2,14,15). The van der Waals surface area contributed by atoms with Gasteiger partial charge in [-0.05, 0) is 31.4 Å². The van der Waals surface area contributed by atoms with E-state index in [1.54, 1.807) is 11.3 Å². The summed E-state index contributed by atoms with van der Waals surface area (Å²) in [5.74, 6) is 0.461. The van der Waals surface area contributed by atoms with E-state index in [-0.39, 0.29) is 17.7 Å². The zero-order chi connectivity index (χ0) is 13.8. The summed E-state index contributed by atoms with van der Waals surface area (Å²) in [5.41, 5.74) is 5.60. The van der Waals surface area contributed by atoms with Gasteiger partial charge in [0.2, 0.25) is 0 Å². The molecule has 2 rings (SSSR count). The summed E-state index contributed by atoms with van der Waals surface area (Å²) in [4.78, 5) is 16.2. The van der Waals surface area contributed by atoms with E-state index < -0.39 is 0 Å². The average Bonchev–Trinajstić information content (AvgIpc) is 2.94. The predicted octanol–water partition coefficient (Wildman–Crippen LogP) is 1.91. The molecule has 0 radical (unpaired) electrons. The first-order valence-corrected chi connectivity index (χ1v) is 7.32. The number of carbonyl (C=O) groups excluding carboxylic acids is 1. The van der Waals surface area contributed by atoms with Gasteiger partial charge in [-0.25, -0.2) is 0 Å². The van der Waals surface area contributed by atoms with Gasteiger partial charge in [0, 0.05) is 23.9 Å². The van der Waals surface area contributed by atoms with Gasteiger partial charge in [0.1, 0.15) is 5.84 Å². The number of nitrogens with zero attached hydrogens (tertiary/aromatic N) is 2. The number of hydrogen-bond donors (Lipinski definition) is 2. The van der Waals surface area contributed by atoms with Crippen molar-refractivity contribution in [3.05, 3.63) is 21.9 Å². The number of rotatable bonds is 3. The number of hydrogen-bond acceptors (Lipinski definition) is 4. The topological polar surface area (TPSA) is 78.9 Å². The van der Waals surface area contributed by atoms with Crippen molar-refractivity contribution >= 4 is 23.1 Å². The maximum atomic E-state index is 12.3. The lowest BCUT2D eigenvalue weighted by Crippen LogP contribution is -2.41. The minimum Gasteiger partial charge on any atom is -0.409 e. The van der Waals surface area contributed by atoms with Gasteiger partial charge in [0.05, 0.1) is 4.88 Å².